The lowest BCUT2D eigenvalue weighted by Crippen LogP contribution is -2.28. The van der Waals surface area contributed by atoms with E-state index in [-0.39, 0.29) is 17.4 Å². The standard InChI is InChI=1S/C23H23ClN6OS/c1-11-12(2)29-30-22-17(11)18-19(32-22)20(27-10-26-18)25-9-13-5-6-14(15(24)7-13)21(31)28-16-8-23(16,3)4/h5-7,10,16H,8-9H2,1-4H3,(H,28,31)(H,25,26,27). The fraction of sp³-hybridized carbons (Fsp3) is 0.348. The van der Waals surface area contributed by atoms with Crippen molar-refractivity contribution < 1.29 is 4.79 Å². The van der Waals surface area contributed by atoms with Gasteiger partial charge in [-0.05, 0) is 48.9 Å². The van der Waals surface area contributed by atoms with Gasteiger partial charge in [0.1, 0.15) is 17.0 Å². The molecule has 0 spiro atoms. The molecule has 0 aliphatic heterocycles. The third-order valence-corrected chi connectivity index (χ3v) is 7.60. The lowest BCUT2D eigenvalue weighted by molar-refractivity contribution is 0.0946. The van der Waals surface area contributed by atoms with Crippen LogP contribution in [0.3, 0.4) is 0 Å². The van der Waals surface area contributed by atoms with E-state index >= 15 is 0 Å². The van der Waals surface area contributed by atoms with E-state index in [1.165, 1.54) is 11.3 Å². The van der Waals surface area contributed by atoms with E-state index in [0.717, 1.165) is 49.5 Å². The van der Waals surface area contributed by atoms with Gasteiger partial charge >= 0.3 is 0 Å². The topological polar surface area (TPSA) is 92.7 Å². The van der Waals surface area contributed by atoms with Gasteiger partial charge in [-0.3, -0.25) is 4.79 Å². The van der Waals surface area contributed by atoms with Crippen molar-refractivity contribution in [2.24, 2.45) is 5.41 Å². The van der Waals surface area contributed by atoms with Crippen molar-refractivity contribution >= 4 is 55.1 Å². The van der Waals surface area contributed by atoms with E-state index in [9.17, 15) is 4.79 Å². The smallest absolute Gasteiger partial charge is 0.253 e. The summed E-state index contributed by atoms with van der Waals surface area (Å²) in [5, 5.41) is 16.5. The second kappa shape index (κ2) is 7.64. The summed E-state index contributed by atoms with van der Waals surface area (Å²) in [6.45, 7) is 8.79. The molecule has 0 bridgehead atoms. The molecule has 4 aromatic rings. The van der Waals surface area contributed by atoms with Gasteiger partial charge in [0.15, 0.2) is 0 Å². The molecule has 164 valence electrons. The molecule has 7 nitrogen and oxygen atoms in total. The highest BCUT2D eigenvalue weighted by Gasteiger charge is 2.46. The van der Waals surface area contributed by atoms with Gasteiger partial charge in [0, 0.05) is 18.0 Å². The molecule has 5 rings (SSSR count). The Morgan fingerprint density at radius 2 is 2.03 bits per heavy atom. The number of carbonyl (C=O) groups excluding carboxylic acids is 1. The van der Waals surface area contributed by atoms with Crippen LogP contribution in [0.5, 0.6) is 0 Å². The molecule has 1 saturated carbocycles. The van der Waals surface area contributed by atoms with E-state index in [0.29, 0.717) is 17.1 Å². The molecule has 1 amide bonds. The maximum absolute atomic E-state index is 12.5. The Labute approximate surface area is 194 Å². The van der Waals surface area contributed by atoms with Crippen molar-refractivity contribution in [3.63, 3.8) is 0 Å². The number of amides is 1. The Morgan fingerprint density at radius 1 is 1.25 bits per heavy atom. The summed E-state index contributed by atoms with van der Waals surface area (Å²) in [4.78, 5) is 22.3. The lowest BCUT2D eigenvalue weighted by Gasteiger charge is -2.11. The molecular formula is C23H23ClN6OS. The minimum Gasteiger partial charge on any atom is -0.365 e. The second-order valence-electron chi connectivity index (χ2n) is 8.98. The molecule has 1 unspecified atom stereocenters. The maximum atomic E-state index is 12.5. The molecule has 1 fully saturated rings. The van der Waals surface area contributed by atoms with E-state index < -0.39 is 0 Å². The van der Waals surface area contributed by atoms with Gasteiger partial charge < -0.3 is 10.6 Å². The zero-order chi connectivity index (χ0) is 22.6. The summed E-state index contributed by atoms with van der Waals surface area (Å²) in [5.41, 5.74) is 4.49. The summed E-state index contributed by atoms with van der Waals surface area (Å²) < 4.78 is 0.944. The van der Waals surface area contributed by atoms with Crippen molar-refractivity contribution in [1.82, 2.24) is 25.5 Å². The van der Waals surface area contributed by atoms with E-state index in [4.69, 9.17) is 11.6 Å². The Bertz CT molecular complexity index is 1380. The largest absolute Gasteiger partial charge is 0.365 e. The van der Waals surface area contributed by atoms with Gasteiger partial charge in [-0.2, -0.15) is 5.10 Å². The molecule has 1 aliphatic carbocycles. The van der Waals surface area contributed by atoms with Crippen LogP contribution in [-0.2, 0) is 6.54 Å². The minimum atomic E-state index is -0.125. The van der Waals surface area contributed by atoms with Crippen LogP contribution >= 0.6 is 22.9 Å². The van der Waals surface area contributed by atoms with Gasteiger partial charge in [0.05, 0.1) is 26.5 Å². The van der Waals surface area contributed by atoms with E-state index in [2.05, 4.69) is 44.6 Å². The van der Waals surface area contributed by atoms with Crippen LogP contribution in [0, 0.1) is 19.3 Å². The summed E-state index contributed by atoms with van der Waals surface area (Å²) >= 11 is 7.96. The predicted octanol–water partition coefficient (Wildman–Crippen LogP) is 5.05. The maximum Gasteiger partial charge on any atom is 0.253 e. The van der Waals surface area contributed by atoms with Gasteiger partial charge in [-0.25, -0.2) is 9.97 Å². The highest BCUT2D eigenvalue weighted by Crippen LogP contribution is 2.44. The van der Waals surface area contributed by atoms with E-state index in [1.807, 2.05) is 26.0 Å². The van der Waals surface area contributed by atoms with Crippen LogP contribution in [0.2, 0.25) is 5.02 Å². The number of aryl methyl sites for hydroxylation is 2. The van der Waals surface area contributed by atoms with Crippen molar-refractivity contribution in [2.75, 3.05) is 5.32 Å². The summed E-state index contributed by atoms with van der Waals surface area (Å²) in [5.74, 6) is 0.614. The number of fused-ring (bicyclic) bond motifs is 3. The normalized spacial score (nSPS) is 17.0. The fourth-order valence-electron chi connectivity index (χ4n) is 3.80. The molecule has 2 N–H and O–H groups in total. The average Bonchev–Trinajstić information content (AvgIpc) is 3.17. The summed E-state index contributed by atoms with van der Waals surface area (Å²) in [7, 11) is 0. The zero-order valence-corrected chi connectivity index (χ0v) is 19.9. The number of thiophene rings is 1. The van der Waals surface area contributed by atoms with Crippen molar-refractivity contribution in [3.8, 4) is 0 Å². The molecule has 3 aromatic heterocycles. The first kappa shape index (κ1) is 21.0. The molecule has 1 atom stereocenters. The molecule has 1 aromatic carbocycles. The number of carbonyl (C=O) groups is 1. The van der Waals surface area contributed by atoms with Crippen LogP contribution < -0.4 is 10.6 Å². The number of nitrogens with zero attached hydrogens (tertiary/aromatic N) is 4. The number of halogens is 1. The first-order valence-corrected chi connectivity index (χ1v) is 11.6. The summed E-state index contributed by atoms with van der Waals surface area (Å²) in [6.07, 6.45) is 2.56. The van der Waals surface area contributed by atoms with Gasteiger partial charge in [0.2, 0.25) is 0 Å². The number of hydrogen-bond donors (Lipinski definition) is 2. The van der Waals surface area contributed by atoms with E-state index in [1.54, 1.807) is 12.4 Å². The second-order valence-corrected chi connectivity index (χ2v) is 10.4. The molecule has 32 heavy (non-hydrogen) atoms. The predicted molar refractivity (Wildman–Crippen MR) is 128 cm³/mol. The number of aromatic nitrogens is 4. The third kappa shape index (κ3) is 3.67. The number of benzene rings is 1. The van der Waals surface area contributed by atoms with Crippen LogP contribution in [-0.4, -0.2) is 32.1 Å². The molecular weight excluding hydrogens is 444 g/mol. The fourth-order valence-corrected chi connectivity index (χ4v) is 5.18. The van der Waals surface area contributed by atoms with Crippen LogP contribution in [0.25, 0.3) is 20.4 Å². The molecule has 0 saturated heterocycles. The van der Waals surface area contributed by atoms with Gasteiger partial charge in [0.25, 0.3) is 5.91 Å². The SMILES string of the molecule is Cc1nnc2sc3c(NCc4ccc(C(=O)NC5CC5(C)C)c(Cl)c4)ncnc3c2c1C. The Kier molecular flexibility index (Phi) is 5.02. The summed E-state index contributed by atoms with van der Waals surface area (Å²) in [6, 6.07) is 5.73. The quantitative estimate of drug-likeness (QED) is 0.427. The highest BCUT2D eigenvalue weighted by atomic mass is 35.5. The third-order valence-electron chi connectivity index (χ3n) is 6.22. The first-order chi connectivity index (χ1) is 15.2. The lowest BCUT2D eigenvalue weighted by atomic mass is 10.1. The number of hydrogen-bond acceptors (Lipinski definition) is 7. The Morgan fingerprint density at radius 3 is 2.75 bits per heavy atom. The molecule has 0 radical (unpaired) electrons. The average molecular weight is 467 g/mol. The number of anilines is 1. The van der Waals surface area contributed by atoms with Gasteiger partial charge in [-0.1, -0.05) is 31.5 Å². The monoisotopic (exact) mass is 466 g/mol. The van der Waals surface area contributed by atoms with Crippen LogP contribution in [0.1, 0.15) is 47.4 Å². The van der Waals surface area contributed by atoms with Crippen molar-refractivity contribution in [3.05, 3.63) is 51.9 Å². The Hall–Kier alpha value is -2.84. The highest BCUT2D eigenvalue weighted by molar-refractivity contribution is 7.25. The first-order valence-electron chi connectivity index (χ1n) is 10.4. The minimum absolute atomic E-state index is 0.125. The van der Waals surface area contributed by atoms with Crippen LogP contribution in [0.4, 0.5) is 5.82 Å². The molecule has 3 heterocycles. The van der Waals surface area contributed by atoms with Crippen molar-refractivity contribution in [1.29, 1.82) is 0 Å². The number of rotatable bonds is 5. The van der Waals surface area contributed by atoms with Crippen molar-refractivity contribution in [2.45, 2.75) is 46.7 Å². The van der Waals surface area contributed by atoms with Crippen LogP contribution in [0.15, 0.2) is 24.5 Å². The number of nitrogens with one attached hydrogen (secondary N) is 2. The molecule has 1 aliphatic rings. The zero-order valence-electron chi connectivity index (χ0n) is 18.3. The van der Waals surface area contributed by atoms with Gasteiger partial charge in [-0.15, -0.1) is 16.4 Å². The molecule has 9 heteroatoms. The Balaban J connectivity index is 1.36.